The summed E-state index contributed by atoms with van der Waals surface area (Å²) < 4.78 is 0. The Morgan fingerprint density at radius 2 is 1.30 bits per heavy atom. The highest BCUT2D eigenvalue weighted by Gasteiger charge is 2.28. The molecule has 0 radical (unpaired) electrons. The maximum atomic E-state index is 13.9. The number of allylic oxidation sites excluding steroid dienone is 2. The van der Waals surface area contributed by atoms with Crippen molar-refractivity contribution >= 4 is 39.3 Å². The average Bonchev–Trinajstić information content (AvgIpc) is 3.92. The van der Waals surface area contributed by atoms with Crippen molar-refractivity contribution in [3.05, 3.63) is 113 Å². The average molecular weight is 756 g/mol. The number of aliphatic hydroxyl groups excluding tert-OH is 1. The molecule has 3 aliphatic rings. The minimum Gasteiger partial charge on any atom is -0.512 e. The molecule has 7 aromatic rings. The number of H-pyrrole nitrogens is 2. The number of nitrogens with zero attached hydrogens (tertiary/aromatic N) is 6. The van der Waals surface area contributed by atoms with Crippen LogP contribution in [0.3, 0.4) is 0 Å². The quantitative estimate of drug-likeness (QED) is 0.0847. The fraction of sp³-hybridized carbons (Fsp3) is 0.140. The van der Waals surface area contributed by atoms with Gasteiger partial charge in [-0.3, -0.25) is 4.79 Å². The third-order valence-electron chi connectivity index (χ3n) is 10.5. The number of aromatic amines is 2. The number of carbonyl (C=O) groups excluding carboxylic acids is 1. The van der Waals surface area contributed by atoms with E-state index in [1.165, 1.54) is 0 Å². The van der Waals surface area contributed by atoms with Crippen LogP contribution in [0, 0.1) is 0 Å². The summed E-state index contributed by atoms with van der Waals surface area (Å²) in [7, 11) is 0. The molecule has 0 saturated carbocycles. The normalized spacial score (nSPS) is 12.8. The van der Waals surface area contributed by atoms with Crippen LogP contribution in [0.5, 0.6) is 17.2 Å². The fourth-order valence-corrected chi connectivity index (χ4v) is 7.72. The van der Waals surface area contributed by atoms with Crippen molar-refractivity contribution in [1.82, 2.24) is 45.2 Å². The van der Waals surface area contributed by atoms with E-state index in [0.29, 0.717) is 85.8 Å². The van der Waals surface area contributed by atoms with Crippen molar-refractivity contribution in [2.24, 2.45) is 0 Å². The van der Waals surface area contributed by atoms with E-state index in [4.69, 9.17) is 29.9 Å². The van der Waals surface area contributed by atoms with Gasteiger partial charge in [0.15, 0.2) is 23.3 Å². The number of nitrogens with one attached hydrogen (secondary N) is 3. The molecular formula is C43H33N9O5. The molecule has 14 heteroatoms. The van der Waals surface area contributed by atoms with Gasteiger partial charge in [-0.15, -0.1) is 0 Å². The van der Waals surface area contributed by atoms with Gasteiger partial charge in [0.1, 0.15) is 39.8 Å². The lowest BCUT2D eigenvalue weighted by atomic mass is 9.99. The number of amides is 1. The van der Waals surface area contributed by atoms with Crippen molar-refractivity contribution in [2.45, 2.75) is 32.1 Å². The van der Waals surface area contributed by atoms with Crippen LogP contribution < -0.4 is 5.32 Å². The Bertz CT molecular complexity index is 3040. The zero-order valence-electron chi connectivity index (χ0n) is 30.2. The van der Waals surface area contributed by atoms with Crippen LogP contribution in [0.2, 0.25) is 0 Å². The number of carbonyl (C=O) groups is 1. The van der Waals surface area contributed by atoms with E-state index in [1.807, 2.05) is 18.2 Å². The Labute approximate surface area is 323 Å². The van der Waals surface area contributed by atoms with E-state index in [-0.39, 0.29) is 47.0 Å². The van der Waals surface area contributed by atoms with Crippen molar-refractivity contribution in [2.75, 3.05) is 6.54 Å². The molecule has 0 spiro atoms. The van der Waals surface area contributed by atoms with Crippen molar-refractivity contribution in [3.63, 3.8) is 0 Å². The molecule has 5 heterocycles. The molecule has 0 fully saturated rings. The standard InChI is InChI=1S/C43H33N9O5/c53-22-7-3-6-21(17-22)5-1-2-16-44-43(57)30-9-4-8-29-34(30)42-51-37-28-15-12-25(56)20-33(28)41(49-37)50-40-32-19-24(55)11-14-27(32)36(48-40)47-39-31-18-23(54)10-13-26(31)35(46-39)45-38(29)52-42/h3-4,6-12,14-15,17,19-20,53-56H,1-2,5,13,16,18H2,(H,44,57)(H2,45,46,47,48,49,50,51,52). The lowest BCUT2D eigenvalue weighted by molar-refractivity contribution is 0.0953. The SMILES string of the molecule is O=C(NCCCCc1cccc(O)c1)c1cccc2c1-c1nc-2nc2[nH]c(nc3nc(nc4[nH]c(n1)c1ccc(O)cc41)-c1cc(O)ccc1-3)c1c2CC=C(O)C1. The Balaban J connectivity index is 1.16. The number of aryl methyl sites for hydroxylation is 1. The number of fused-ring (bicyclic) bond motifs is 20. The van der Waals surface area contributed by atoms with E-state index in [1.54, 1.807) is 66.7 Å². The number of rotatable bonds is 6. The fourth-order valence-electron chi connectivity index (χ4n) is 7.72. The molecule has 10 rings (SSSR count). The topological polar surface area (TPSA) is 219 Å². The molecule has 280 valence electrons. The monoisotopic (exact) mass is 755 g/mol. The number of phenolic OH excluding ortho intramolecular Hbond substituents is 3. The van der Waals surface area contributed by atoms with Crippen LogP contribution >= 0.6 is 0 Å². The van der Waals surface area contributed by atoms with Crippen LogP contribution in [-0.4, -0.2) is 72.7 Å². The van der Waals surface area contributed by atoms with E-state index in [0.717, 1.165) is 36.0 Å². The second-order valence-electron chi connectivity index (χ2n) is 14.2. The minimum absolute atomic E-state index is 0.0206. The highest BCUT2D eigenvalue weighted by molar-refractivity contribution is 6.07. The zero-order valence-corrected chi connectivity index (χ0v) is 30.2. The first-order chi connectivity index (χ1) is 27.8. The van der Waals surface area contributed by atoms with E-state index in [2.05, 4.69) is 15.3 Å². The summed E-state index contributed by atoms with van der Waals surface area (Å²) in [5.74, 6) is 1.40. The molecule has 14 nitrogen and oxygen atoms in total. The van der Waals surface area contributed by atoms with Gasteiger partial charge in [0.2, 0.25) is 0 Å². The zero-order chi connectivity index (χ0) is 38.8. The van der Waals surface area contributed by atoms with Crippen molar-refractivity contribution in [3.8, 4) is 62.8 Å². The smallest absolute Gasteiger partial charge is 0.252 e. The van der Waals surface area contributed by atoms with E-state index >= 15 is 0 Å². The molecule has 0 atom stereocenters. The second-order valence-corrected chi connectivity index (χ2v) is 14.2. The van der Waals surface area contributed by atoms with Gasteiger partial charge in [-0.1, -0.05) is 24.3 Å². The van der Waals surface area contributed by atoms with Gasteiger partial charge in [-0.2, -0.15) is 0 Å². The van der Waals surface area contributed by atoms with Gasteiger partial charge in [-0.05, 0) is 91.9 Å². The number of aromatic nitrogens is 8. The first kappa shape index (κ1) is 33.9. The molecule has 0 saturated heterocycles. The molecule has 1 aliphatic carbocycles. The number of benzene rings is 4. The summed E-state index contributed by atoms with van der Waals surface area (Å²) in [5, 5.41) is 45.7. The van der Waals surface area contributed by atoms with Gasteiger partial charge in [-0.25, -0.2) is 29.9 Å². The van der Waals surface area contributed by atoms with E-state index in [9.17, 15) is 25.2 Å². The molecule has 8 bridgehead atoms. The number of unbranched alkanes of at least 4 members (excludes halogenated alkanes) is 1. The maximum Gasteiger partial charge on any atom is 0.252 e. The highest BCUT2D eigenvalue weighted by atomic mass is 16.3. The van der Waals surface area contributed by atoms with Gasteiger partial charge >= 0.3 is 0 Å². The number of aliphatic hydroxyl groups is 1. The number of hydrogen-bond donors (Lipinski definition) is 7. The molecule has 1 amide bonds. The summed E-state index contributed by atoms with van der Waals surface area (Å²) >= 11 is 0. The largest absolute Gasteiger partial charge is 0.512 e. The van der Waals surface area contributed by atoms with Crippen LogP contribution in [0.4, 0.5) is 0 Å². The van der Waals surface area contributed by atoms with Crippen molar-refractivity contribution in [1.29, 1.82) is 0 Å². The summed E-state index contributed by atoms with van der Waals surface area (Å²) in [6.07, 6.45) is 4.68. The summed E-state index contributed by atoms with van der Waals surface area (Å²) in [5.41, 5.74) is 6.98. The number of hydrogen-bond acceptors (Lipinski definition) is 11. The first-order valence-corrected chi connectivity index (χ1v) is 18.5. The third-order valence-corrected chi connectivity index (χ3v) is 10.5. The predicted molar refractivity (Wildman–Crippen MR) is 213 cm³/mol. The third kappa shape index (κ3) is 6.03. The van der Waals surface area contributed by atoms with Crippen LogP contribution in [-0.2, 0) is 19.3 Å². The predicted octanol–water partition coefficient (Wildman–Crippen LogP) is 7.13. The first-order valence-electron chi connectivity index (χ1n) is 18.5. The van der Waals surface area contributed by atoms with Gasteiger partial charge < -0.3 is 35.7 Å². The summed E-state index contributed by atoms with van der Waals surface area (Å²) in [4.78, 5) is 50.3. The lowest BCUT2D eigenvalue weighted by Crippen LogP contribution is -2.25. The van der Waals surface area contributed by atoms with E-state index < -0.39 is 0 Å². The molecule has 0 unspecified atom stereocenters. The Morgan fingerprint density at radius 3 is 2.18 bits per heavy atom. The Morgan fingerprint density at radius 1 is 0.614 bits per heavy atom. The molecule has 2 aliphatic heterocycles. The van der Waals surface area contributed by atoms with Crippen LogP contribution in [0.25, 0.3) is 78.9 Å². The molecule has 3 aromatic heterocycles. The summed E-state index contributed by atoms with van der Waals surface area (Å²) in [6, 6.07) is 22.3. The Kier molecular flexibility index (Phi) is 7.92. The maximum absolute atomic E-state index is 13.9. The minimum atomic E-state index is -0.289. The van der Waals surface area contributed by atoms with Crippen LogP contribution in [0.1, 0.15) is 39.9 Å². The lowest BCUT2D eigenvalue weighted by Gasteiger charge is -2.09. The highest BCUT2D eigenvalue weighted by Crippen LogP contribution is 2.40. The van der Waals surface area contributed by atoms with Crippen LogP contribution in [0.15, 0.2) is 90.7 Å². The second kappa shape index (κ2) is 13.3. The molecule has 7 N–H and O–H groups in total. The number of aromatic hydroxyl groups is 3. The van der Waals surface area contributed by atoms with Gasteiger partial charge in [0.05, 0.1) is 11.3 Å². The molecule has 57 heavy (non-hydrogen) atoms. The van der Waals surface area contributed by atoms with Gasteiger partial charge in [0, 0.05) is 57.1 Å². The number of phenols is 3. The Hall–Kier alpha value is -7.61. The summed E-state index contributed by atoms with van der Waals surface area (Å²) in [6.45, 7) is 0.437. The molecule has 4 aromatic carbocycles. The van der Waals surface area contributed by atoms with Crippen molar-refractivity contribution < 1.29 is 25.2 Å². The van der Waals surface area contributed by atoms with Gasteiger partial charge in [0.25, 0.3) is 5.91 Å². The molecular weight excluding hydrogens is 723 g/mol.